The van der Waals surface area contributed by atoms with Gasteiger partial charge in [0.05, 0.1) is 18.4 Å². The van der Waals surface area contributed by atoms with Crippen LogP contribution in [0.4, 0.5) is 5.95 Å². The molecular formula is C15H20N6O2. The third-order valence-electron chi connectivity index (χ3n) is 3.82. The van der Waals surface area contributed by atoms with Crippen LogP contribution in [-0.4, -0.2) is 63.8 Å². The molecule has 8 nitrogen and oxygen atoms in total. The minimum atomic E-state index is 0.0138. The first-order valence-electron chi connectivity index (χ1n) is 7.69. The SMILES string of the molecule is CCOc1ccnc(N2CCN(C(=O)c3cn[nH]c3C)CC2)n1. The Kier molecular flexibility index (Phi) is 4.40. The Morgan fingerprint density at radius 2 is 2.13 bits per heavy atom. The monoisotopic (exact) mass is 316 g/mol. The number of H-pyrrole nitrogens is 1. The summed E-state index contributed by atoms with van der Waals surface area (Å²) in [5.74, 6) is 1.23. The zero-order valence-corrected chi connectivity index (χ0v) is 13.3. The molecule has 1 fully saturated rings. The largest absolute Gasteiger partial charge is 0.478 e. The van der Waals surface area contributed by atoms with E-state index >= 15 is 0 Å². The van der Waals surface area contributed by atoms with Crippen LogP contribution in [0.25, 0.3) is 0 Å². The van der Waals surface area contributed by atoms with E-state index in [0.29, 0.717) is 50.2 Å². The van der Waals surface area contributed by atoms with Crippen LogP contribution in [-0.2, 0) is 0 Å². The molecule has 1 aliphatic heterocycles. The number of aromatic nitrogens is 4. The number of nitrogens with one attached hydrogen (secondary N) is 1. The van der Waals surface area contributed by atoms with Crippen molar-refractivity contribution in [1.29, 1.82) is 0 Å². The first-order chi connectivity index (χ1) is 11.2. The minimum absolute atomic E-state index is 0.0138. The first-order valence-corrected chi connectivity index (χ1v) is 7.69. The van der Waals surface area contributed by atoms with Gasteiger partial charge in [-0.3, -0.25) is 9.89 Å². The molecule has 23 heavy (non-hydrogen) atoms. The van der Waals surface area contributed by atoms with E-state index in [1.165, 1.54) is 0 Å². The fourth-order valence-corrected chi connectivity index (χ4v) is 2.56. The van der Waals surface area contributed by atoms with Crippen molar-refractivity contribution >= 4 is 11.9 Å². The number of aromatic amines is 1. The van der Waals surface area contributed by atoms with Gasteiger partial charge in [0.15, 0.2) is 0 Å². The predicted octanol–water partition coefficient (Wildman–Crippen LogP) is 0.869. The number of aryl methyl sites for hydroxylation is 1. The lowest BCUT2D eigenvalue weighted by atomic mass is 10.2. The van der Waals surface area contributed by atoms with Crippen LogP contribution < -0.4 is 9.64 Å². The van der Waals surface area contributed by atoms with Gasteiger partial charge in [-0.15, -0.1) is 0 Å². The number of ether oxygens (including phenoxy) is 1. The van der Waals surface area contributed by atoms with Gasteiger partial charge in [-0.2, -0.15) is 10.1 Å². The third kappa shape index (κ3) is 3.25. The van der Waals surface area contributed by atoms with E-state index in [0.717, 1.165) is 5.69 Å². The summed E-state index contributed by atoms with van der Waals surface area (Å²) in [6, 6.07) is 1.74. The second-order valence-corrected chi connectivity index (χ2v) is 5.32. The molecule has 0 unspecified atom stereocenters. The van der Waals surface area contributed by atoms with Gasteiger partial charge in [0.25, 0.3) is 5.91 Å². The van der Waals surface area contributed by atoms with Crippen LogP contribution in [0.2, 0.25) is 0 Å². The third-order valence-corrected chi connectivity index (χ3v) is 3.82. The molecule has 8 heteroatoms. The molecule has 3 rings (SSSR count). The topological polar surface area (TPSA) is 87.2 Å². The summed E-state index contributed by atoms with van der Waals surface area (Å²) in [4.78, 5) is 25.0. The van der Waals surface area contributed by atoms with Crippen molar-refractivity contribution in [2.45, 2.75) is 13.8 Å². The van der Waals surface area contributed by atoms with Gasteiger partial charge in [0.1, 0.15) is 0 Å². The van der Waals surface area contributed by atoms with E-state index < -0.39 is 0 Å². The van der Waals surface area contributed by atoms with Gasteiger partial charge in [-0.25, -0.2) is 4.98 Å². The van der Waals surface area contributed by atoms with Gasteiger partial charge in [-0.05, 0) is 13.8 Å². The molecule has 1 aliphatic rings. The van der Waals surface area contributed by atoms with Crippen molar-refractivity contribution in [3.63, 3.8) is 0 Å². The molecule has 1 saturated heterocycles. The Labute approximate surface area is 134 Å². The van der Waals surface area contributed by atoms with Gasteiger partial charge >= 0.3 is 0 Å². The van der Waals surface area contributed by atoms with Crippen LogP contribution >= 0.6 is 0 Å². The van der Waals surface area contributed by atoms with Crippen LogP contribution in [0, 0.1) is 6.92 Å². The summed E-state index contributed by atoms with van der Waals surface area (Å²) < 4.78 is 5.41. The molecule has 3 heterocycles. The number of amides is 1. The molecule has 0 atom stereocenters. The Morgan fingerprint density at radius 3 is 2.78 bits per heavy atom. The Morgan fingerprint density at radius 1 is 1.35 bits per heavy atom. The van der Waals surface area contributed by atoms with Gasteiger partial charge in [0.2, 0.25) is 11.8 Å². The number of anilines is 1. The highest BCUT2D eigenvalue weighted by atomic mass is 16.5. The maximum atomic E-state index is 12.5. The molecule has 1 amide bonds. The zero-order valence-electron chi connectivity index (χ0n) is 13.3. The molecule has 1 N–H and O–H groups in total. The lowest BCUT2D eigenvalue weighted by Gasteiger charge is -2.34. The molecule has 0 aromatic carbocycles. The molecule has 2 aromatic heterocycles. The Balaban J connectivity index is 1.63. The van der Waals surface area contributed by atoms with Crippen molar-refractivity contribution in [3.05, 3.63) is 29.7 Å². The average Bonchev–Trinajstić information content (AvgIpc) is 3.01. The Bertz CT molecular complexity index is 678. The van der Waals surface area contributed by atoms with Crippen LogP contribution in [0.5, 0.6) is 5.88 Å². The minimum Gasteiger partial charge on any atom is -0.478 e. The smallest absolute Gasteiger partial charge is 0.257 e. The molecular weight excluding hydrogens is 296 g/mol. The van der Waals surface area contributed by atoms with Crippen molar-refractivity contribution in [1.82, 2.24) is 25.1 Å². The average molecular weight is 316 g/mol. The van der Waals surface area contributed by atoms with Gasteiger partial charge in [0, 0.05) is 44.1 Å². The number of hydrogen-bond donors (Lipinski definition) is 1. The lowest BCUT2D eigenvalue weighted by molar-refractivity contribution is 0.0745. The summed E-state index contributed by atoms with van der Waals surface area (Å²) in [6.07, 6.45) is 3.28. The zero-order chi connectivity index (χ0) is 16.2. The standard InChI is InChI=1S/C15H20N6O2/c1-3-23-13-4-5-16-15(18-13)21-8-6-20(7-9-21)14(22)12-10-17-19-11(12)2/h4-5,10H,3,6-9H2,1-2H3,(H,17,19). The summed E-state index contributed by atoms with van der Waals surface area (Å²) in [5.41, 5.74) is 1.43. The highest BCUT2D eigenvalue weighted by Gasteiger charge is 2.25. The summed E-state index contributed by atoms with van der Waals surface area (Å²) in [7, 11) is 0. The first kappa shape index (κ1) is 15.3. The van der Waals surface area contributed by atoms with Crippen molar-refractivity contribution < 1.29 is 9.53 Å². The number of carbonyl (C=O) groups excluding carboxylic acids is 1. The number of piperazine rings is 1. The number of carbonyl (C=O) groups is 1. The summed E-state index contributed by atoms with van der Waals surface area (Å²) in [5, 5.41) is 6.71. The van der Waals surface area contributed by atoms with E-state index in [2.05, 4.69) is 25.1 Å². The molecule has 122 valence electrons. The van der Waals surface area contributed by atoms with Gasteiger partial charge < -0.3 is 14.5 Å². The van der Waals surface area contributed by atoms with E-state index in [1.54, 1.807) is 18.5 Å². The maximum Gasteiger partial charge on any atom is 0.257 e. The fraction of sp³-hybridized carbons (Fsp3) is 0.467. The number of hydrogen-bond acceptors (Lipinski definition) is 6. The fourth-order valence-electron chi connectivity index (χ4n) is 2.56. The summed E-state index contributed by atoms with van der Waals surface area (Å²) in [6.45, 7) is 6.99. The van der Waals surface area contributed by atoms with E-state index in [4.69, 9.17) is 4.74 Å². The summed E-state index contributed by atoms with van der Waals surface area (Å²) >= 11 is 0. The van der Waals surface area contributed by atoms with Crippen molar-refractivity contribution in [3.8, 4) is 5.88 Å². The van der Waals surface area contributed by atoms with Gasteiger partial charge in [-0.1, -0.05) is 0 Å². The molecule has 2 aromatic rings. The number of rotatable bonds is 4. The Hall–Kier alpha value is -2.64. The number of nitrogens with zero attached hydrogens (tertiary/aromatic N) is 5. The van der Waals surface area contributed by atoms with Crippen LogP contribution in [0.15, 0.2) is 18.5 Å². The highest BCUT2D eigenvalue weighted by Crippen LogP contribution is 2.16. The lowest BCUT2D eigenvalue weighted by Crippen LogP contribution is -2.49. The van der Waals surface area contributed by atoms with Crippen molar-refractivity contribution in [2.75, 3.05) is 37.7 Å². The molecule has 0 radical (unpaired) electrons. The molecule has 0 spiro atoms. The van der Waals surface area contributed by atoms with Crippen molar-refractivity contribution in [2.24, 2.45) is 0 Å². The quantitative estimate of drug-likeness (QED) is 0.900. The van der Waals surface area contributed by atoms with E-state index in [1.807, 2.05) is 18.7 Å². The van der Waals surface area contributed by atoms with Crippen LogP contribution in [0.1, 0.15) is 23.0 Å². The second kappa shape index (κ2) is 6.64. The predicted molar refractivity (Wildman–Crippen MR) is 84.6 cm³/mol. The van der Waals surface area contributed by atoms with E-state index in [9.17, 15) is 4.79 Å². The normalized spacial score (nSPS) is 14.9. The van der Waals surface area contributed by atoms with E-state index in [-0.39, 0.29) is 5.91 Å². The second-order valence-electron chi connectivity index (χ2n) is 5.32. The molecule has 0 aliphatic carbocycles. The highest BCUT2D eigenvalue weighted by molar-refractivity contribution is 5.95. The molecule has 0 saturated carbocycles. The van der Waals surface area contributed by atoms with Crippen LogP contribution in [0.3, 0.4) is 0 Å². The molecule has 0 bridgehead atoms. The maximum absolute atomic E-state index is 12.5.